The van der Waals surface area contributed by atoms with Crippen LogP contribution in [0.25, 0.3) is 0 Å². The maximum Gasteiger partial charge on any atom is 0.167 e. The van der Waals surface area contributed by atoms with E-state index in [0.717, 1.165) is 44.8 Å². The topological polar surface area (TPSA) is 36.0 Å². The van der Waals surface area contributed by atoms with Gasteiger partial charge in [0.25, 0.3) is 0 Å². The van der Waals surface area contributed by atoms with Crippen LogP contribution in [0.1, 0.15) is 36.8 Å². The fourth-order valence-electron chi connectivity index (χ4n) is 5.70. The largest absolute Gasteiger partial charge is 0.486 e. The van der Waals surface area contributed by atoms with Crippen LogP contribution in [-0.4, -0.2) is 63.1 Å². The van der Waals surface area contributed by atoms with Crippen molar-refractivity contribution in [2.24, 2.45) is 0 Å². The van der Waals surface area contributed by atoms with Crippen molar-refractivity contribution in [2.75, 3.05) is 56.2 Å². The van der Waals surface area contributed by atoms with Crippen molar-refractivity contribution in [3.63, 3.8) is 0 Å². The van der Waals surface area contributed by atoms with Gasteiger partial charge in [-0.3, -0.25) is 4.79 Å². The molecular weight excluding hydrogens is 386 g/mol. The predicted molar refractivity (Wildman–Crippen MR) is 126 cm³/mol. The molecule has 0 aromatic heterocycles. The lowest BCUT2D eigenvalue weighted by Crippen LogP contribution is -2.49. The fraction of sp³-hybridized carbons (Fsp3) is 0.500. The third kappa shape index (κ3) is 3.91. The number of rotatable bonds is 7. The molecular formula is C26H33N3O2. The summed E-state index contributed by atoms with van der Waals surface area (Å²) in [5.41, 5.74) is 5.67. The van der Waals surface area contributed by atoms with Crippen LogP contribution in [0.5, 0.6) is 5.75 Å². The van der Waals surface area contributed by atoms with E-state index < -0.39 is 0 Å². The summed E-state index contributed by atoms with van der Waals surface area (Å²) in [5, 5.41) is 0. The van der Waals surface area contributed by atoms with E-state index in [0.29, 0.717) is 12.0 Å². The molecule has 3 aliphatic heterocycles. The summed E-state index contributed by atoms with van der Waals surface area (Å²) < 4.78 is 5.71. The second-order valence-electron chi connectivity index (χ2n) is 9.30. The number of benzene rings is 2. The number of likely N-dealkylation sites (tertiary alicyclic amines) is 1. The molecule has 3 aliphatic rings. The number of piperidine rings is 1. The van der Waals surface area contributed by atoms with E-state index in [1.54, 1.807) is 12.5 Å². The van der Waals surface area contributed by atoms with Crippen molar-refractivity contribution >= 4 is 17.2 Å². The van der Waals surface area contributed by atoms with Crippen molar-refractivity contribution in [1.29, 1.82) is 0 Å². The zero-order valence-corrected chi connectivity index (χ0v) is 18.7. The summed E-state index contributed by atoms with van der Waals surface area (Å²) in [7, 11) is 2.22. The first-order chi connectivity index (χ1) is 15.1. The molecule has 2 aromatic rings. The van der Waals surface area contributed by atoms with Crippen molar-refractivity contribution < 1.29 is 9.53 Å². The molecule has 3 heterocycles. The summed E-state index contributed by atoms with van der Waals surface area (Å²) in [6.45, 7) is 7.44. The van der Waals surface area contributed by atoms with Crippen LogP contribution in [-0.2, 0) is 11.2 Å². The van der Waals surface area contributed by atoms with E-state index in [9.17, 15) is 4.79 Å². The number of anilines is 2. The van der Waals surface area contributed by atoms with E-state index in [2.05, 4.69) is 52.1 Å². The molecule has 164 valence electrons. The highest BCUT2D eigenvalue weighted by Crippen LogP contribution is 2.50. The first-order valence-corrected chi connectivity index (χ1v) is 11.6. The highest BCUT2D eigenvalue weighted by Gasteiger charge is 2.44. The maximum atomic E-state index is 11.3. The molecule has 0 saturated carbocycles. The average molecular weight is 420 g/mol. The molecule has 0 radical (unpaired) electrons. The molecule has 0 bridgehead atoms. The van der Waals surface area contributed by atoms with Gasteiger partial charge in [0, 0.05) is 45.2 Å². The molecule has 5 heteroatoms. The van der Waals surface area contributed by atoms with Crippen LogP contribution in [0.3, 0.4) is 0 Å². The van der Waals surface area contributed by atoms with E-state index >= 15 is 0 Å². The van der Waals surface area contributed by atoms with Crippen LogP contribution >= 0.6 is 0 Å². The summed E-state index contributed by atoms with van der Waals surface area (Å²) in [6, 6.07) is 15.7. The number of likely N-dealkylation sites (N-methyl/N-ethyl adjacent to an activating group) is 1. The number of aryl methyl sites for hydroxylation is 1. The lowest BCUT2D eigenvalue weighted by atomic mass is 9.89. The Labute approximate surface area is 185 Å². The van der Waals surface area contributed by atoms with Gasteiger partial charge in [0.15, 0.2) is 5.78 Å². The first-order valence-electron chi connectivity index (χ1n) is 11.6. The Bertz CT molecular complexity index is 959. The third-order valence-electron chi connectivity index (χ3n) is 7.20. The zero-order valence-electron chi connectivity index (χ0n) is 18.7. The van der Waals surface area contributed by atoms with Crippen LogP contribution in [0.2, 0.25) is 0 Å². The smallest absolute Gasteiger partial charge is 0.167 e. The molecule has 2 aromatic carbocycles. The normalized spacial score (nSPS) is 22.3. The molecule has 0 spiro atoms. The summed E-state index contributed by atoms with van der Waals surface area (Å²) in [4.78, 5) is 19.0. The van der Waals surface area contributed by atoms with Gasteiger partial charge in [-0.2, -0.15) is 0 Å². The Morgan fingerprint density at radius 1 is 1.10 bits per heavy atom. The molecule has 0 amide bonds. The molecule has 2 atom stereocenters. The lowest BCUT2D eigenvalue weighted by molar-refractivity contribution is -0.118. The number of hydrogen-bond donors (Lipinski definition) is 0. The van der Waals surface area contributed by atoms with Gasteiger partial charge in [-0.15, -0.1) is 0 Å². The number of nitrogens with zero attached hydrogens (tertiary/aromatic N) is 3. The number of hydrogen-bond acceptors (Lipinski definition) is 5. The van der Waals surface area contributed by atoms with Gasteiger partial charge < -0.3 is 19.4 Å². The van der Waals surface area contributed by atoms with Gasteiger partial charge in [-0.05, 0) is 56.0 Å². The predicted octanol–water partition coefficient (Wildman–Crippen LogP) is 3.71. The minimum atomic E-state index is 0.0573. The minimum absolute atomic E-state index is 0.0573. The third-order valence-corrected chi connectivity index (χ3v) is 7.20. The van der Waals surface area contributed by atoms with Crippen molar-refractivity contribution in [2.45, 2.75) is 38.1 Å². The Kier molecular flexibility index (Phi) is 5.61. The number of Topliss-reactive ketones (excluding diaryl/α,β-unsaturated/α-hetero) is 1. The van der Waals surface area contributed by atoms with E-state index in [1.807, 2.05) is 12.1 Å². The number of carbonyl (C=O) groups is 1. The zero-order chi connectivity index (χ0) is 21.4. The molecule has 0 unspecified atom stereocenters. The Morgan fingerprint density at radius 2 is 1.97 bits per heavy atom. The summed E-state index contributed by atoms with van der Waals surface area (Å²) >= 11 is 0. The number of carbonyl (C=O) groups excluding carboxylic acids is 1. The average Bonchev–Trinajstić information content (AvgIpc) is 3.10. The second-order valence-corrected chi connectivity index (χ2v) is 9.30. The fourth-order valence-corrected chi connectivity index (χ4v) is 5.70. The Balaban J connectivity index is 1.22. The highest BCUT2D eigenvalue weighted by atomic mass is 16.5. The molecule has 5 rings (SSSR count). The number of fused-ring (bicyclic) bond motifs is 3. The SMILES string of the molecule is CC(=O)COc1ccccc1CCCN1CC[C@H]2[C@@H](C1)c1cccc3c1N2CCN3C. The first kappa shape index (κ1) is 20.4. The second kappa shape index (κ2) is 8.54. The van der Waals surface area contributed by atoms with Crippen molar-refractivity contribution in [3.05, 3.63) is 53.6 Å². The number of ether oxygens (including phenoxy) is 1. The molecule has 0 aliphatic carbocycles. The summed E-state index contributed by atoms with van der Waals surface area (Å²) in [6.07, 6.45) is 3.34. The quantitative estimate of drug-likeness (QED) is 0.684. The lowest BCUT2D eigenvalue weighted by Gasteiger charge is -2.41. The van der Waals surface area contributed by atoms with Crippen LogP contribution in [0.15, 0.2) is 42.5 Å². The van der Waals surface area contributed by atoms with E-state index in [-0.39, 0.29) is 12.4 Å². The monoisotopic (exact) mass is 419 g/mol. The van der Waals surface area contributed by atoms with Crippen molar-refractivity contribution in [1.82, 2.24) is 4.90 Å². The van der Waals surface area contributed by atoms with E-state index in [1.165, 1.54) is 29.9 Å². The highest BCUT2D eigenvalue weighted by molar-refractivity contribution is 5.80. The van der Waals surface area contributed by atoms with Crippen LogP contribution in [0, 0.1) is 0 Å². The van der Waals surface area contributed by atoms with Gasteiger partial charge in [-0.1, -0.05) is 30.3 Å². The Morgan fingerprint density at radius 3 is 2.84 bits per heavy atom. The minimum Gasteiger partial charge on any atom is -0.486 e. The van der Waals surface area contributed by atoms with Gasteiger partial charge in [-0.25, -0.2) is 0 Å². The number of para-hydroxylation sites is 2. The number of ketones is 1. The van der Waals surface area contributed by atoms with Gasteiger partial charge in [0.1, 0.15) is 12.4 Å². The van der Waals surface area contributed by atoms with Gasteiger partial charge in [0.05, 0.1) is 11.4 Å². The van der Waals surface area contributed by atoms with E-state index in [4.69, 9.17) is 4.74 Å². The molecule has 1 fully saturated rings. The Hall–Kier alpha value is -2.53. The van der Waals surface area contributed by atoms with Gasteiger partial charge >= 0.3 is 0 Å². The van der Waals surface area contributed by atoms with Crippen molar-refractivity contribution in [3.8, 4) is 5.75 Å². The molecule has 0 N–H and O–H groups in total. The van der Waals surface area contributed by atoms with Crippen LogP contribution in [0.4, 0.5) is 11.4 Å². The van der Waals surface area contributed by atoms with Gasteiger partial charge in [0.2, 0.25) is 0 Å². The molecule has 1 saturated heterocycles. The summed E-state index contributed by atoms with van der Waals surface area (Å²) in [5.74, 6) is 1.54. The standard InChI is InChI=1S/C26H33N3O2/c1-19(30)18-31-25-11-4-3-7-20(25)8-6-13-28-14-12-23-22(17-28)21-9-5-10-24-26(21)29(23)16-15-27(24)2/h3-5,7,9-11,22-23H,6,8,12-18H2,1-2H3/t22-,23-/m0/s1. The molecule has 31 heavy (non-hydrogen) atoms. The van der Waals surface area contributed by atoms with Crippen LogP contribution < -0.4 is 14.5 Å². The maximum absolute atomic E-state index is 11.3. The molecule has 5 nitrogen and oxygen atoms in total.